The molecule has 6 nitrogen and oxygen atoms in total. The first-order valence-corrected chi connectivity index (χ1v) is 12.0. The van der Waals surface area contributed by atoms with Gasteiger partial charge in [-0.2, -0.15) is 13.2 Å². The minimum absolute atomic E-state index is 0.141. The number of anilines is 2. The van der Waals surface area contributed by atoms with Crippen molar-refractivity contribution in [1.82, 2.24) is 14.9 Å². The lowest BCUT2D eigenvalue weighted by molar-refractivity contribution is -0.137. The first kappa shape index (κ1) is 25.5. The van der Waals surface area contributed by atoms with Gasteiger partial charge in [-0.15, -0.1) is 0 Å². The quantitative estimate of drug-likeness (QED) is 0.462. The summed E-state index contributed by atoms with van der Waals surface area (Å²) in [6, 6.07) is 12.4. The molecule has 2 heterocycles. The van der Waals surface area contributed by atoms with Gasteiger partial charge < -0.3 is 15.1 Å². The fourth-order valence-corrected chi connectivity index (χ4v) is 4.45. The summed E-state index contributed by atoms with van der Waals surface area (Å²) in [7, 11) is 0. The Morgan fingerprint density at radius 2 is 1.58 bits per heavy atom. The number of benzene rings is 2. The summed E-state index contributed by atoms with van der Waals surface area (Å²) < 4.78 is 39.0. The Kier molecular flexibility index (Phi) is 7.19. The standard InChI is InChI=1S/C27H30F3N5O/c1-17(2)23-19(4)31-24(20-9-11-21(12-10-20)27(28,29)30)33-25(23)34-13-15-35(16-14-34)26(36)32-22-8-6-5-7-18(22)3/h5-12,17H,13-16H2,1-4H3,(H,32,36). The number of urea groups is 1. The number of aryl methyl sites for hydroxylation is 2. The zero-order valence-electron chi connectivity index (χ0n) is 20.9. The number of hydrogen-bond acceptors (Lipinski definition) is 4. The summed E-state index contributed by atoms with van der Waals surface area (Å²) in [6.45, 7) is 10.2. The number of rotatable bonds is 4. The summed E-state index contributed by atoms with van der Waals surface area (Å²) in [6.07, 6.45) is -4.40. The molecule has 0 aliphatic carbocycles. The topological polar surface area (TPSA) is 61.4 Å². The first-order chi connectivity index (χ1) is 17.0. The van der Waals surface area contributed by atoms with Crippen LogP contribution in [0.5, 0.6) is 0 Å². The molecule has 0 radical (unpaired) electrons. The van der Waals surface area contributed by atoms with E-state index in [1.54, 1.807) is 4.90 Å². The largest absolute Gasteiger partial charge is 0.416 e. The minimum atomic E-state index is -4.40. The van der Waals surface area contributed by atoms with E-state index in [9.17, 15) is 18.0 Å². The molecule has 2 amide bonds. The van der Waals surface area contributed by atoms with Gasteiger partial charge >= 0.3 is 12.2 Å². The van der Waals surface area contributed by atoms with Gasteiger partial charge in [-0.3, -0.25) is 0 Å². The van der Waals surface area contributed by atoms with Crippen molar-refractivity contribution >= 4 is 17.5 Å². The highest BCUT2D eigenvalue weighted by molar-refractivity contribution is 5.90. The van der Waals surface area contributed by atoms with Gasteiger partial charge in [-0.05, 0) is 43.5 Å². The number of alkyl halides is 3. The third kappa shape index (κ3) is 5.45. The smallest absolute Gasteiger partial charge is 0.353 e. The SMILES string of the molecule is Cc1ccccc1NC(=O)N1CCN(c2nc(-c3ccc(C(F)(F)F)cc3)nc(C)c2C(C)C)CC1. The molecule has 1 aliphatic rings. The van der Waals surface area contributed by atoms with E-state index >= 15 is 0 Å². The maximum Gasteiger partial charge on any atom is 0.416 e. The lowest BCUT2D eigenvalue weighted by Crippen LogP contribution is -2.50. The van der Waals surface area contributed by atoms with Crippen LogP contribution in [0.25, 0.3) is 11.4 Å². The highest BCUT2D eigenvalue weighted by Crippen LogP contribution is 2.33. The molecule has 2 aromatic carbocycles. The molecule has 0 spiro atoms. The molecule has 1 fully saturated rings. The van der Waals surface area contributed by atoms with Gasteiger partial charge in [0.25, 0.3) is 0 Å². The van der Waals surface area contributed by atoms with E-state index in [-0.39, 0.29) is 11.9 Å². The fraction of sp³-hybridized carbons (Fsp3) is 0.370. The monoisotopic (exact) mass is 497 g/mol. The van der Waals surface area contributed by atoms with Crippen molar-refractivity contribution in [1.29, 1.82) is 0 Å². The summed E-state index contributed by atoms with van der Waals surface area (Å²) in [5, 5.41) is 2.98. The van der Waals surface area contributed by atoms with Crippen molar-refractivity contribution in [2.24, 2.45) is 0 Å². The summed E-state index contributed by atoms with van der Waals surface area (Å²) >= 11 is 0. The van der Waals surface area contributed by atoms with E-state index < -0.39 is 11.7 Å². The van der Waals surface area contributed by atoms with Gasteiger partial charge in [0, 0.05) is 48.7 Å². The van der Waals surface area contributed by atoms with Crippen molar-refractivity contribution in [2.75, 3.05) is 36.4 Å². The Balaban J connectivity index is 1.55. The van der Waals surface area contributed by atoms with E-state index in [1.165, 1.54) is 12.1 Å². The van der Waals surface area contributed by atoms with Gasteiger partial charge in [-0.25, -0.2) is 14.8 Å². The third-order valence-electron chi connectivity index (χ3n) is 6.42. The molecule has 1 N–H and O–H groups in total. The Morgan fingerprint density at radius 3 is 2.17 bits per heavy atom. The second kappa shape index (κ2) is 10.2. The third-order valence-corrected chi connectivity index (χ3v) is 6.42. The number of carbonyl (C=O) groups is 1. The number of nitrogens with one attached hydrogen (secondary N) is 1. The maximum absolute atomic E-state index is 13.0. The zero-order chi connectivity index (χ0) is 26.0. The maximum atomic E-state index is 13.0. The van der Waals surface area contributed by atoms with E-state index in [2.05, 4.69) is 29.0 Å². The lowest BCUT2D eigenvalue weighted by atomic mass is 10.0. The molecule has 0 bridgehead atoms. The Bertz CT molecular complexity index is 1230. The minimum Gasteiger partial charge on any atom is -0.353 e. The van der Waals surface area contributed by atoms with Crippen molar-refractivity contribution in [3.8, 4) is 11.4 Å². The molecule has 9 heteroatoms. The van der Waals surface area contributed by atoms with Crippen molar-refractivity contribution in [2.45, 2.75) is 39.8 Å². The van der Waals surface area contributed by atoms with Crippen molar-refractivity contribution in [3.05, 3.63) is 70.9 Å². The lowest BCUT2D eigenvalue weighted by Gasteiger charge is -2.37. The molecular weight excluding hydrogens is 467 g/mol. The number of para-hydroxylation sites is 1. The van der Waals surface area contributed by atoms with Crippen LogP contribution in [0.4, 0.5) is 29.5 Å². The number of aromatic nitrogens is 2. The Hall–Kier alpha value is -3.62. The van der Waals surface area contributed by atoms with E-state index in [1.807, 2.05) is 38.1 Å². The summed E-state index contributed by atoms with van der Waals surface area (Å²) in [5.74, 6) is 1.32. The number of halogens is 3. The molecule has 36 heavy (non-hydrogen) atoms. The van der Waals surface area contributed by atoms with Crippen LogP contribution in [0.1, 0.15) is 42.1 Å². The van der Waals surface area contributed by atoms with Crippen LogP contribution >= 0.6 is 0 Å². The molecule has 1 aromatic heterocycles. The molecule has 0 unspecified atom stereocenters. The van der Waals surface area contributed by atoms with Gasteiger partial charge in [0.2, 0.25) is 0 Å². The van der Waals surface area contributed by atoms with Crippen LogP contribution in [-0.4, -0.2) is 47.1 Å². The molecule has 3 aromatic rings. The number of carbonyl (C=O) groups excluding carboxylic acids is 1. The van der Waals surface area contributed by atoms with Crippen LogP contribution in [0.3, 0.4) is 0 Å². The average Bonchev–Trinajstić information content (AvgIpc) is 2.84. The summed E-state index contributed by atoms with van der Waals surface area (Å²) in [4.78, 5) is 26.2. The predicted octanol–water partition coefficient (Wildman–Crippen LogP) is 6.26. The predicted molar refractivity (Wildman–Crippen MR) is 135 cm³/mol. The summed E-state index contributed by atoms with van der Waals surface area (Å²) in [5.41, 5.74) is 3.41. The van der Waals surface area contributed by atoms with Gasteiger partial charge in [-0.1, -0.05) is 44.2 Å². The van der Waals surface area contributed by atoms with Crippen LogP contribution in [0, 0.1) is 13.8 Å². The highest BCUT2D eigenvalue weighted by Gasteiger charge is 2.30. The number of amides is 2. The zero-order valence-corrected chi connectivity index (χ0v) is 20.9. The van der Waals surface area contributed by atoms with Crippen LogP contribution in [-0.2, 0) is 6.18 Å². The first-order valence-electron chi connectivity index (χ1n) is 12.0. The molecule has 1 saturated heterocycles. The average molecular weight is 498 g/mol. The van der Waals surface area contributed by atoms with Crippen LogP contribution < -0.4 is 10.2 Å². The molecule has 1 aliphatic heterocycles. The molecule has 190 valence electrons. The molecular formula is C27H30F3N5O. The Labute approximate surface area is 209 Å². The van der Waals surface area contributed by atoms with Crippen molar-refractivity contribution in [3.63, 3.8) is 0 Å². The van der Waals surface area contributed by atoms with E-state index in [4.69, 9.17) is 4.98 Å². The second-order valence-electron chi connectivity index (χ2n) is 9.32. The molecule has 0 saturated carbocycles. The van der Waals surface area contributed by atoms with Gasteiger partial charge in [0.1, 0.15) is 5.82 Å². The fourth-order valence-electron chi connectivity index (χ4n) is 4.45. The van der Waals surface area contributed by atoms with Gasteiger partial charge in [0.05, 0.1) is 5.56 Å². The molecule has 4 rings (SSSR count). The van der Waals surface area contributed by atoms with E-state index in [0.29, 0.717) is 37.6 Å². The number of hydrogen-bond donors (Lipinski definition) is 1. The van der Waals surface area contributed by atoms with E-state index in [0.717, 1.165) is 40.5 Å². The second-order valence-corrected chi connectivity index (χ2v) is 9.32. The number of piperazine rings is 1. The van der Waals surface area contributed by atoms with Crippen molar-refractivity contribution < 1.29 is 18.0 Å². The highest BCUT2D eigenvalue weighted by atomic mass is 19.4. The van der Waals surface area contributed by atoms with Crippen LogP contribution in [0.15, 0.2) is 48.5 Å². The van der Waals surface area contributed by atoms with Gasteiger partial charge in [0.15, 0.2) is 5.82 Å². The van der Waals surface area contributed by atoms with Crippen LogP contribution in [0.2, 0.25) is 0 Å². The Morgan fingerprint density at radius 1 is 0.944 bits per heavy atom. The normalized spacial score (nSPS) is 14.3. The molecule has 0 atom stereocenters. The number of nitrogens with zero attached hydrogens (tertiary/aromatic N) is 4.